The van der Waals surface area contributed by atoms with Crippen molar-refractivity contribution in [1.29, 1.82) is 0 Å². The van der Waals surface area contributed by atoms with E-state index in [1.807, 2.05) is 6.07 Å². The number of hydrogen-bond acceptors (Lipinski definition) is 2. The van der Waals surface area contributed by atoms with Crippen molar-refractivity contribution >= 4 is 11.3 Å². The molecule has 0 amide bonds. The molecule has 0 spiro atoms. The third kappa shape index (κ3) is 3.74. The van der Waals surface area contributed by atoms with E-state index in [9.17, 15) is 0 Å². The van der Waals surface area contributed by atoms with Crippen molar-refractivity contribution in [2.24, 2.45) is 5.73 Å². The highest BCUT2D eigenvalue weighted by Crippen LogP contribution is 2.25. The van der Waals surface area contributed by atoms with E-state index >= 15 is 0 Å². The molecule has 1 aromatic rings. The van der Waals surface area contributed by atoms with Gasteiger partial charge in [-0.2, -0.15) is 0 Å². The second-order valence-electron chi connectivity index (χ2n) is 4.90. The number of hydrogen-bond donors (Lipinski definition) is 2. The molecule has 0 fully saturated rings. The van der Waals surface area contributed by atoms with Crippen LogP contribution in [0.15, 0.2) is 31.4 Å². The minimum Gasteiger partial charge on any atom is -0.399 e. The lowest BCUT2D eigenvalue weighted by Crippen LogP contribution is -2.21. The van der Waals surface area contributed by atoms with Gasteiger partial charge in [0.2, 0.25) is 0 Å². The van der Waals surface area contributed by atoms with E-state index in [1.54, 1.807) is 0 Å². The van der Waals surface area contributed by atoms with Crippen LogP contribution in [0, 0.1) is 0 Å². The lowest BCUT2D eigenvalue weighted by molar-refractivity contribution is 0.589. The van der Waals surface area contributed by atoms with E-state index in [2.05, 4.69) is 51.4 Å². The third-order valence-corrected chi connectivity index (χ3v) is 2.95. The number of nitrogens with one attached hydrogen (secondary N) is 1. The van der Waals surface area contributed by atoms with E-state index in [0.29, 0.717) is 11.7 Å². The van der Waals surface area contributed by atoms with Crippen LogP contribution in [-0.4, -0.2) is 6.04 Å². The maximum Gasteiger partial charge on any atom is 0.0320 e. The fourth-order valence-electron chi connectivity index (χ4n) is 1.79. The molecule has 1 aromatic carbocycles. The van der Waals surface area contributed by atoms with Crippen LogP contribution in [0.1, 0.15) is 43.9 Å². The number of benzene rings is 1. The van der Waals surface area contributed by atoms with Gasteiger partial charge in [-0.3, -0.25) is 0 Å². The molecule has 98 valence electrons. The average Bonchev–Trinajstić information content (AvgIpc) is 2.34. The Kier molecular flexibility index (Phi) is 5.17. The maximum absolute atomic E-state index is 5.83. The molecule has 0 aliphatic carbocycles. The van der Waals surface area contributed by atoms with Crippen molar-refractivity contribution in [2.45, 2.75) is 39.8 Å². The van der Waals surface area contributed by atoms with Crippen LogP contribution in [-0.2, 0) is 6.54 Å². The van der Waals surface area contributed by atoms with Crippen molar-refractivity contribution in [2.75, 3.05) is 0 Å². The highest BCUT2D eigenvalue weighted by Gasteiger charge is 2.08. The van der Waals surface area contributed by atoms with E-state index < -0.39 is 0 Å². The molecule has 2 nitrogen and oxygen atoms in total. The molecule has 0 radical (unpaired) electrons. The molecule has 0 unspecified atom stereocenters. The lowest BCUT2D eigenvalue weighted by atomic mass is 9.95. The first-order valence-electron chi connectivity index (χ1n) is 6.44. The number of rotatable bonds is 6. The van der Waals surface area contributed by atoms with Crippen molar-refractivity contribution < 1.29 is 0 Å². The largest absolute Gasteiger partial charge is 0.399 e. The van der Waals surface area contributed by atoms with Crippen LogP contribution in [0.5, 0.6) is 0 Å². The van der Waals surface area contributed by atoms with Gasteiger partial charge in [0, 0.05) is 23.8 Å². The molecule has 0 aliphatic rings. The fourth-order valence-corrected chi connectivity index (χ4v) is 1.79. The van der Waals surface area contributed by atoms with E-state index in [-0.39, 0.29) is 0 Å². The van der Waals surface area contributed by atoms with E-state index in [4.69, 9.17) is 5.73 Å². The zero-order valence-electron chi connectivity index (χ0n) is 11.7. The van der Waals surface area contributed by atoms with Crippen molar-refractivity contribution in [3.8, 4) is 0 Å². The van der Waals surface area contributed by atoms with Crippen LogP contribution < -0.4 is 11.1 Å². The van der Waals surface area contributed by atoms with Gasteiger partial charge in [-0.15, -0.1) is 0 Å². The normalized spacial score (nSPS) is 10.7. The van der Waals surface area contributed by atoms with Gasteiger partial charge in [0.05, 0.1) is 0 Å². The summed E-state index contributed by atoms with van der Waals surface area (Å²) in [5.74, 6) is 0. The molecule has 1 rings (SSSR count). The highest BCUT2D eigenvalue weighted by molar-refractivity contribution is 5.77. The Bertz CT molecular complexity index is 444. The van der Waals surface area contributed by atoms with E-state index in [0.717, 1.165) is 29.7 Å². The fraction of sp³-hybridized carbons (Fsp3) is 0.375. The van der Waals surface area contributed by atoms with Crippen LogP contribution in [0.4, 0.5) is 0 Å². The molecule has 0 bridgehead atoms. The first kappa shape index (κ1) is 14.5. The Morgan fingerprint density at radius 2 is 1.94 bits per heavy atom. The van der Waals surface area contributed by atoms with Crippen molar-refractivity contribution in [1.82, 2.24) is 5.32 Å². The summed E-state index contributed by atoms with van der Waals surface area (Å²) in [4.78, 5) is 0. The van der Waals surface area contributed by atoms with Gasteiger partial charge in [0.1, 0.15) is 0 Å². The Morgan fingerprint density at radius 1 is 1.28 bits per heavy atom. The van der Waals surface area contributed by atoms with E-state index in [1.165, 1.54) is 5.56 Å². The van der Waals surface area contributed by atoms with Gasteiger partial charge in [0.15, 0.2) is 0 Å². The molecule has 0 heterocycles. The van der Waals surface area contributed by atoms with Crippen LogP contribution >= 0.6 is 0 Å². The second-order valence-corrected chi connectivity index (χ2v) is 4.90. The Balaban J connectivity index is 3.05. The summed E-state index contributed by atoms with van der Waals surface area (Å²) in [6.07, 6.45) is 0.918. The smallest absolute Gasteiger partial charge is 0.0320 e. The Labute approximate surface area is 111 Å². The van der Waals surface area contributed by atoms with Crippen molar-refractivity contribution in [3.05, 3.63) is 48.0 Å². The Hall–Kier alpha value is -1.54. The average molecular weight is 244 g/mol. The molecular formula is C16H24N2. The molecule has 0 atom stereocenters. The lowest BCUT2D eigenvalue weighted by Gasteiger charge is -2.14. The molecule has 3 N–H and O–H groups in total. The molecule has 0 saturated carbocycles. The predicted molar refractivity (Wildman–Crippen MR) is 81.0 cm³/mol. The summed E-state index contributed by atoms with van der Waals surface area (Å²) in [6, 6.07) is 6.77. The monoisotopic (exact) mass is 244 g/mol. The summed E-state index contributed by atoms with van der Waals surface area (Å²) in [5, 5.41) is 3.41. The molecule has 2 heteroatoms. The van der Waals surface area contributed by atoms with Crippen LogP contribution in [0.25, 0.3) is 11.3 Å². The molecule has 0 aliphatic heterocycles. The second kappa shape index (κ2) is 6.41. The minimum absolute atomic E-state index is 0.479. The van der Waals surface area contributed by atoms with Crippen molar-refractivity contribution in [3.63, 3.8) is 0 Å². The minimum atomic E-state index is 0.479. The van der Waals surface area contributed by atoms with Crippen LogP contribution in [0.2, 0.25) is 0 Å². The first-order valence-corrected chi connectivity index (χ1v) is 6.44. The zero-order valence-corrected chi connectivity index (χ0v) is 11.7. The molecule has 0 aromatic heterocycles. The zero-order chi connectivity index (χ0) is 13.7. The summed E-state index contributed by atoms with van der Waals surface area (Å²) in [5.41, 5.74) is 10.9. The van der Waals surface area contributed by atoms with Gasteiger partial charge in [-0.05, 0) is 29.2 Å². The molecular weight excluding hydrogens is 220 g/mol. The standard InChI is InChI=1S/C16H24N2/c1-6-12(4)16-9-14(10-18-11(2)3)7-8-15(16)13(5)17/h7-9,11,18H,4-6,10,17H2,1-3H3. The summed E-state index contributed by atoms with van der Waals surface area (Å²) in [6.45, 7) is 15.2. The quantitative estimate of drug-likeness (QED) is 0.803. The van der Waals surface area contributed by atoms with Gasteiger partial charge in [0.25, 0.3) is 0 Å². The highest BCUT2D eigenvalue weighted by atomic mass is 14.9. The number of allylic oxidation sites excluding steroid dienone is 1. The third-order valence-electron chi connectivity index (χ3n) is 2.95. The topological polar surface area (TPSA) is 38.0 Å². The van der Waals surface area contributed by atoms with Crippen LogP contribution in [0.3, 0.4) is 0 Å². The molecule has 18 heavy (non-hydrogen) atoms. The molecule has 0 saturated heterocycles. The first-order chi connectivity index (χ1) is 8.45. The summed E-state index contributed by atoms with van der Waals surface area (Å²) >= 11 is 0. The summed E-state index contributed by atoms with van der Waals surface area (Å²) < 4.78 is 0. The number of nitrogens with two attached hydrogens (primary N) is 1. The van der Waals surface area contributed by atoms with Gasteiger partial charge in [-0.1, -0.05) is 46.1 Å². The Morgan fingerprint density at radius 3 is 2.44 bits per heavy atom. The van der Waals surface area contributed by atoms with Gasteiger partial charge >= 0.3 is 0 Å². The van der Waals surface area contributed by atoms with Gasteiger partial charge in [-0.25, -0.2) is 0 Å². The summed E-state index contributed by atoms with van der Waals surface area (Å²) in [7, 11) is 0. The van der Waals surface area contributed by atoms with Gasteiger partial charge < -0.3 is 11.1 Å². The predicted octanol–water partition coefficient (Wildman–Crippen LogP) is 3.54. The SMILES string of the molecule is C=C(N)c1ccc(CNC(C)C)cc1C(=C)CC. The maximum atomic E-state index is 5.83.